The van der Waals surface area contributed by atoms with E-state index >= 15 is 0 Å². The summed E-state index contributed by atoms with van der Waals surface area (Å²) in [5.41, 5.74) is 4.88. The van der Waals surface area contributed by atoms with Crippen molar-refractivity contribution >= 4 is 28.4 Å². The van der Waals surface area contributed by atoms with Gasteiger partial charge in [-0.25, -0.2) is 13.8 Å². The number of halogens is 3. The van der Waals surface area contributed by atoms with Gasteiger partial charge in [-0.3, -0.25) is 0 Å². The highest BCUT2D eigenvalue weighted by Gasteiger charge is 2.17. The van der Waals surface area contributed by atoms with Crippen LogP contribution < -0.4 is 5.73 Å². The van der Waals surface area contributed by atoms with Crippen LogP contribution in [-0.4, -0.2) is 4.98 Å². The third-order valence-electron chi connectivity index (χ3n) is 1.42. The van der Waals surface area contributed by atoms with Gasteiger partial charge in [-0.15, -0.1) is 0 Å². The number of anilines is 1. The van der Waals surface area contributed by atoms with Crippen LogP contribution in [0.5, 0.6) is 0 Å². The molecule has 0 saturated heterocycles. The van der Waals surface area contributed by atoms with Crippen LogP contribution in [-0.2, 0) is 0 Å². The van der Waals surface area contributed by atoms with Gasteiger partial charge >= 0.3 is 0 Å². The predicted molar refractivity (Wildman–Crippen MR) is 51.0 cm³/mol. The summed E-state index contributed by atoms with van der Waals surface area (Å²) in [7, 11) is 0. The maximum absolute atomic E-state index is 12.3. The number of nitrogens with two attached hydrogens (primary N) is 1. The Kier molecular flexibility index (Phi) is 2.98. The summed E-state index contributed by atoms with van der Waals surface area (Å²) in [6.07, 6.45) is -1.77. The SMILES string of the molecule is N#Cc1c(C(F)F)cnc(N)c1I. The molecule has 1 rings (SSSR count). The summed E-state index contributed by atoms with van der Waals surface area (Å²) < 4.78 is 24.9. The molecule has 0 aliphatic heterocycles. The van der Waals surface area contributed by atoms with Crippen molar-refractivity contribution in [1.82, 2.24) is 4.98 Å². The van der Waals surface area contributed by atoms with E-state index in [-0.39, 0.29) is 20.5 Å². The Bertz CT molecular complexity index is 373. The lowest BCUT2D eigenvalue weighted by Crippen LogP contribution is -2.01. The van der Waals surface area contributed by atoms with E-state index in [1.165, 1.54) is 0 Å². The quantitative estimate of drug-likeness (QED) is 0.807. The molecule has 0 spiro atoms. The maximum Gasteiger partial charge on any atom is 0.266 e. The van der Waals surface area contributed by atoms with Gasteiger partial charge in [-0.1, -0.05) is 0 Å². The minimum atomic E-state index is -2.70. The molecule has 0 aromatic carbocycles. The van der Waals surface area contributed by atoms with E-state index in [4.69, 9.17) is 11.0 Å². The first-order valence-corrected chi connectivity index (χ1v) is 4.28. The van der Waals surface area contributed by atoms with Crippen molar-refractivity contribution in [3.8, 4) is 6.07 Å². The molecule has 0 aliphatic carbocycles. The molecule has 1 aromatic rings. The van der Waals surface area contributed by atoms with Gasteiger partial charge in [0.15, 0.2) is 0 Å². The number of aromatic nitrogens is 1. The Labute approximate surface area is 86.7 Å². The van der Waals surface area contributed by atoms with Crippen LogP contribution >= 0.6 is 22.6 Å². The molecule has 68 valence electrons. The van der Waals surface area contributed by atoms with Crippen molar-refractivity contribution in [2.24, 2.45) is 0 Å². The Morgan fingerprint density at radius 2 is 2.23 bits per heavy atom. The summed E-state index contributed by atoms with van der Waals surface area (Å²) >= 11 is 1.72. The summed E-state index contributed by atoms with van der Waals surface area (Å²) in [6, 6.07) is 1.68. The number of pyridine rings is 1. The van der Waals surface area contributed by atoms with E-state index < -0.39 is 6.43 Å². The third kappa shape index (κ3) is 1.85. The standard InChI is InChI=1S/C7H4F2IN3/c8-6(9)4-2-13-7(12)5(10)3(4)1-11/h2,6H,(H2,12,13). The van der Waals surface area contributed by atoms with Crippen LogP contribution in [0.1, 0.15) is 17.6 Å². The lowest BCUT2D eigenvalue weighted by molar-refractivity contribution is 0.150. The lowest BCUT2D eigenvalue weighted by atomic mass is 10.1. The minimum Gasteiger partial charge on any atom is -0.383 e. The van der Waals surface area contributed by atoms with Crippen molar-refractivity contribution in [3.05, 3.63) is 20.9 Å². The van der Waals surface area contributed by atoms with Gasteiger partial charge in [0.2, 0.25) is 0 Å². The summed E-state index contributed by atoms with van der Waals surface area (Å²) in [6.45, 7) is 0. The second-order valence-electron chi connectivity index (χ2n) is 2.20. The number of nitrogens with zero attached hydrogens (tertiary/aromatic N) is 2. The second-order valence-corrected chi connectivity index (χ2v) is 3.28. The van der Waals surface area contributed by atoms with Crippen molar-refractivity contribution in [1.29, 1.82) is 5.26 Å². The lowest BCUT2D eigenvalue weighted by Gasteiger charge is -2.05. The van der Waals surface area contributed by atoms with Crippen molar-refractivity contribution in [2.45, 2.75) is 6.43 Å². The number of alkyl halides is 2. The topological polar surface area (TPSA) is 62.7 Å². The monoisotopic (exact) mass is 295 g/mol. The molecule has 1 aromatic heterocycles. The normalized spacial score (nSPS) is 10.1. The van der Waals surface area contributed by atoms with Gasteiger partial charge in [0.05, 0.1) is 14.7 Å². The average molecular weight is 295 g/mol. The molecule has 0 radical (unpaired) electrons. The highest BCUT2D eigenvalue weighted by molar-refractivity contribution is 14.1. The molecule has 0 bridgehead atoms. The number of hydrogen-bond acceptors (Lipinski definition) is 3. The van der Waals surface area contributed by atoms with Crippen LogP contribution in [0.4, 0.5) is 14.6 Å². The Balaban J connectivity index is 3.41. The fourth-order valence-corrected chi connectivity index (χ4v) is 1.37. The van der Waals surface area contributed by atoms with Gasteiger partial charge in [0, 0.05) is 6.20 Å². The Morgan fingerprint density at radius 3 is 2.69 bits per heavy atom. The second kappa shape index (κ2) is 3.83. The summed E-state index contributed by atoms with van der Waals surface area (Å²) in [4.78, 5) is 3.55. The molecule has 1 heterocycles. The van der Waals surface area contributed by atoms with Crippen molar-refractivity contribution in [3.63, 3.8) is 0 Å². The van der Waals surface area contributed by atoms with Gasteiger partial charge in [0.1, 0.15) is 11.9 Å². The Hall–Kier alpha value is -0.970. The molecular formula is C7H4F2IN3. The number of nitrogen functional groups attached to an aromatic ring is 1. The predicted octanol–water partition coefficient (Wildman–Crippen LogP) is 2.08. The van der Waals surface area contributed by atoms with E-state index in [9.17, 15) is 8.78 Å². The zero-order valence-corrected chi connectivity index (χ0v) is 8.42. The average Bonchev–Trinajstić information content (AvgIpc) is 2.09. The fourth-order valence-electron chi connectivity index (χ4n) is 0.794. The smallest absolute Gasteiger partial charge is 0.266 e. The number of rotatable bonds is 1. The van der Waals surface area contributed by atoms with E-state index in [0.29, 0.717) is 0 Å². The third-order valence-corrected chi connectivity index (χ3v) is 2.51. The molecule has 3 nitrogen and oxygen atoms in total. The minimum absolute atomic E-state index is 0.0944. The van der Waals surface area contributed by atoms with E-state index in [1.807, 2.05) is 0 Å². The molecule has 0 aliphatic rings. The van der Waals surface area contributed by atoms with E-state index in [0.717, 1.165) is 6.20 Å². The molecule has 0 atom stereocenters. The largest absolute Gasteiger partial charge is 0.383 e. The van der Waals surface area contributed by atoms with Crippen LogP contribution in [0.3, 0.4) is 0 Å². The Morgan fingerprint density at radius 1 is 1.62 bits per heavy atom. The molecule has 6 heteroatoms. The maximum atomic E-state index is 12.3. The van der Waals surface area contributed by atoms with Crippen molar-refractivity contribution in [2.75, 3.05) is 5.73 Å². The first-order chi connectivity index (χ1) is 6.07. The molecule has 0 amide bonds. The van der Waals surface area contributed by atoms with Crippen LogP contribution in [0.15, 0.2) is 6.20 Å². The van der Waals surface area contributed by atoms with Gasteiger partial charge < -0.3 is 5.73 Å². The van der Waals surface area contributed by atoms with E-state index in [1.54, 1.807) is 28.7 Å². The fraction of sp³-hybridized carbons (Fsp3) is 0.143. The molecular weight excluding hydrogens is 291 g/mol. The summed E-state index contributed by atoms with van der Waals surface area (Å²) in [5, 5.41) is 8.60. The molecule has 13 heavy (non-hydrogen) atoms. The van der Waals surface area contributed by atoms with E-state index in [2.05, 4.69) is 4.98 Å². The number of hydrogen-bond donors (Lipinski definition) is 1. The van der Waals surface area contributed by atoms with Crippen LogP contribution in [0.2, 0.25) is 0 Å². The highest BCUT2D eigenvalue weighted by atomic mass is 127. The van der Waals surface area contributed by atoms with Crippen molar-refractivity contribution < 1.29 is 8.78 Å². The van der Waals surface area contributed by atoms with Gasteiger partial charge in [-0.2, -0.15) is 5.26 Å². The van der Waals surface area contributed by atoms with Gasteiger partial charge in [0.25, 0.3) is 6.43 Å². The first-order valence-electron chi connectivity index (χ1n) is 3.20. The highest BCUT2D eigenvalue weighted by Crippen LogP contribution is 2.27. The van der Waals surface area contributed by atoms with Gasteiger partial charge in [-0.05, 0) is 22.6 Å². The zero-order chi connectivity index (χ0) is 10.0. The van der Waals surface area contributed by atoms with Crippen LogP contribution in [0, 0.1) is 14.9 Å². The molecule has 0 unspecified atom stereocenters. The number of nitriles is 1. The van der Waals surface area contributed by atoms with Crippen LogP contribution in [0.25, 0.3) is 0 Å². The molecule has 2 N–H and O–H groups in total. The zero-order valence-electron chi connectivity index (χ0n) is 6.26. The summed E-state index contributed by atoms with van der Waals surface area (Å²) in [5.74, 6) is 0.0987. The molecule has 0 fully saturated rings. The molecule has 0 saturated carbocycles. The first kappa shape index (κ1) is 10.1.